The van der Waals surface area contributed by atoms with E-state index >= 15 is 0 Å². The van der Waals surface area contributed by atoms with Crippen molar-refractivity contribution in [2.45, 2.75) is 71.8 Å². The first kappa shape index (κ1) is 27.6. The van der Waals surface area contributed by atoms with Gasteiger partial charge < -0.3 is 28.8 Å². The second-order valence-corrected chi connectivity index (χ2v) is 11.1. The number of rotatable bonds is 8. The molecular weight excluding hydrogens is 487 g/mol. The van der Waals surface area contributed by atoms with Gasteiger partial charge in [0.25, 0.3) is 0 Å². The summed E-state index contributed by atoms with van der Waals surface area (Å²) in [4.78, 5) is 25.1. The molecule has 38 heavy (non-hydrogen) atoms. The molecule has 10 nitrogen and oxygen atoms in total. The number of amides is 1. The van der Waals surface area contributed by atoms with Gasteiger partial charge in [-0.1, -0.05) is 6.07 Å². The van der Waals surface area contributed by atoms with Crippen molar-refractivity contribution < 1.29 is 28.3 Å². The molecule has 0 bridgehead atoms. The Morgan fingerprint density at radius 1 is 0.974 bits per heavy atom. The van der Waals surface area contributed by atoms with E-state index in [9.17, 15) is 4.79 Å². The molecule has 0 unspecified atom stereocenters. The third-order valence-corrected chi connectivity index (χ3v) is 6.28. The molecule has 1 aliphatic rings. The standard InChI is InChI=1S/C27H35BN4O6/c1-25(2,3)36-24(33)31-15-18-12-20(16-29-14-18)34-10-11-35-23-17-30-21-9-8-19(13-22(21)32-23)28-37-26(4,5)27(6,7)38-28/h8-9,12-14,16-17H,10-11,15H2,1-7H3,(H,31,33). The molecule has 0 spiro atoms. The van der Waals surface area contributed by atoms with Crippen LogP contribution in [0.4, 0.5) is 4.79 Å². The van der Waals surface area contributed by atoms with Gasteiger partial charge in [-0.05, 0) is 77.7 Å². The molecule has 0 atom stereocenters. The molecule has 1 amide bonds. The van der Waals surface area contributed by atoms with Crippen LogP contribution in [0, 0.1) is 0 Å². The number of hydrogen-bond acceptors (Lipinski definition) is 9. The molecule has 11 heteroatoms. The van der Waals surface area contributed by atoms with Gasteiger partial charge in [0.1, 0.15) is 24.6 Å². The van der Waals surface area contributed by atoms with Gasteiger partial charge in [-0.15, -0.1) is 0 Å². The fraction of sp³-hybridized carbons (Fsp3) is 0.481. The van der Waals surface area contributed by atoms with Gasteiger partial charge in [0.2, 0.25) is 5.88 Å². The molecule has 202 valence electrons. The van der Waals surface area contributed by atoms with Crippen LogP contribution in [0.25, 0.3) is 11.0 Å². The van der Waals surface area contributed by atoms with Gasteiger partial charge in [0.05, 0.1) is 34.6 Å². The first-order valence-corrected chi connectivity index (χ1v) is 12.6. The first-order valence-electron chi connectivity index (χ1n) is 12.6. The van der Waals surface area contributed by atoms with Gasteiger partial charge in [-0.2, -0.15) is 0 Å². The minimum atomic E-state index is -0.557. The molecule has 0 radical (unpaired) electrons. The zero-order valence-corrected chi connectivity index (χ0v) is 23.0. The fourth-order valence-corrected chi connectivity index (χ4v) is 3.64. The highest BCUT2D eigenvalue weighted by Gasteiger charge is 2.51. The van der Waals surface area contributed by atoms with Crippen LogP contribution in [-0.4, -0.2) is 58.2 Å². The van der Waals surface area contributed by atoms with Crippen molar-refractivity contribution in [3.05, 3.63) is 48.4 Å². The summed E-state index contributed by atoms with van der Waals surface area (Å²) in [5, 5.41) is 2.70. The third kappa shape index (κ3) is 6.90. The number of hydrogen-bond donors (Lipinski definition) is 1. The molecule has 1 fully saturated rings. The van der Waals surface area contributed by atoms with Crippen molar-refractivity contribution in [3.8, 4) is 11.6 Å². The monoisotopic (exact) mass is 522 g/mol. The number of alkyl carbamates (subject to hydrolysis) is 1. The summed E-state index contributed by atoms with van der Waals surface area (Å²) in [6.07, 6.45) is 4.35. The molecule has 3 heterocycles. The maximum absolute atomic E-state index is 11.9. The number of aromatic nitrogens is 3. The SMILES string of the molecule is CC(C)(C)OC(=O)NCc1cncc(OCCOc2cnc3ccc(B4OC(C)(C)C(C)(C)O4)cc3n2)c1. The highest BCUT2D eigenvalue weighted by atomic mass is 16.7. The maximum Gasteiger partial charge on any atom is 0.494 e. The maximum atomic E-state index is 11.9. The molecule has 2 aromatic heterocycles. The average Bonchev–Trinajstić information content (AvgIpc) is 3.06. The molecule has 4 rings (SSSR count). The number of benzene rings is 1. The zero-order chi connectivity index (χ0) is 27.6. The minimum Gasteiger partial charge on any atom is -0.488 e. The van der Waals surface area contributed by atoms with E-state index in [1.165, 1.54) is 0 Å². The summed E-state index contributed by atoms with van der Waals surface area (Å²) >= 11 is 0. The molecule has 1 saturated heterocycles. The summed E-state index contributed by atoms with van der Waals surface area (Å²) < 4.78 is 29.1. The molecular formula is C27H35BN4O6. The van der Waals surface area contributed by atoms with E-state index in [1.54, 1.807) is 24.7 Å². The van der Waals surface area contributed by atoms with Crippen molar-refractivity contribution in [2.24, 2.45) is 0 Å². The van der Waals surface area contributed by atoms with E-state index in [0.717, 1.165) is 16.5 Å². The highest BCUT2D eigenvalue weighted by molar-refractivity contribution is 6.62. The summed E-state index contributed by atoms with van der Waals surface area (Å²) in [5.41, 5.74) is 1.69. The number of ether oxygens (including phenoxy) is 3. The summed E-state index contributed by atoms with van der Waals surface area (Å²) in [6, 6.07) is 7.56. The van der Waals surface area contributed by atoms with Crippen LogP contribution in [0.2, 0.25) is 0 Å². The average molecular weight is 522 g/mol. The lowest BCUT2D eigenvalue weighted by atomic mass is 9.79. The van der Waals surface area contributed by atoms with Crippen LogP contribution in [0.1, 0.15) is 54.0 Å². The number of pyridine rings is 1. The summed E-state index contributed by atoms with van der Waals surface area (Å²) in [5.74, 6) is 0.953. The van der Waals surface area contributed by atoms with Crippen LogP contribution in [0.15, 0.2) is 42.9 Å². The number of nitrogens with zero attached hydrogens (tertiary/aromatic N) is 3. The second kappa shape index (κ2) is 10.7. The summed E-state index contributed by atoms with van der Waals surface area (Å²) in [7, 11) is -0.479. The largest absolute Gasteiger partial charge is 0.494 e. The van der Waals surface area contributed by atoms with Crippen molar-refractivity contribution in [1.29, 1.82) is 0 Å². The normalized spacial score (nSPS) is 16.3. The van der Waals surface area contributed by atoms with E-state index in [1.807, 2.05) is 66.7 Å². The van der Waals surface area contributed by atoms with E-state index in [-0.39, 0.29) is 19.8 Å². The van der Waals surface area contributed by atoms with Gasteiger partial charge >= 0.3 is 13.2 Å². The molecule has 3 aromatic rings. The highest BCUT2D eigenvalue weighted by Crippen LogP contribution is 2.36. The molecule has 0 saturated carbocycles. The van der Waals surface area contributed by atoms with E-state index < -0.39 is 30.0 Å². The topological polar surface area (TPSA) is 114 Å². The smallest absolute Gasteiger partial charge is 0.488 e. The van der Waals surface area contributed by atoms with Crippen LogP contribution in [0.5, 0.6) is 11.6 Å². The Hall–Kier alpha value is -3.44. The number of carbonyl (C=O) groups excluding carboxylic acids is 1. The molecule has 1 N–H and O–H groups in total. The quantitative estimate of drug-likeness (QED) is 0.349. The van der Waals surface area contributed by atoms with Crippen LogP contribution in [0.3, 0.4) is 0 Å². The lowest BCUT2D eigenvalue weighted by Crippen LogP contribution is -2.41. The van der Waals surface area contributed by atoms with Crippen molar-refractivity contribution >= 4 is 29.7 Å². The number of fused-ring (bicyclic) bond motifs is 1. The van der Waals surface area contributed by atoms with E-state index in [2.05, 4.69) is 20.3 Å². The Morgan fingerprint density at radius 2 is 1.68 bits per heavy atom. The van der Waals surface area contributed by atoms with E-state index in [0.29, 0.717) is 17.1 Å². The first-order chi connectivity index (χ1) is 17.8. The van der Waals surface area contributed by atoms with Gasteiger partial charge in [-0.3, -0.25) is 4.98 Å². The Balaban J connectivity index is 1.30. The van der Waals surface area contributed by atoms with Gasteiger partial charge in [-0.25, -0.2) is 14.8 Å². The van der Waals surface area contributed by atoms with Crippen molar-refractivity contribution in [1.82, 2.24) is 20.3 Å². The second-order valence-electron chi connectivity index (χ2n) is 11.1. The Morgan fingerprint density at radius 3 is 2.39 bits per heavy atom. The Kier molecular flexibility index (Phi) is 7.80. The van der Waals surface area contributed by atoms with Crippen LogP contribution >= 0.6 is 0 Å². The minimum absolute atomic E-state index is 0.261. The molecule has 1 aromatic carbocycles. The lowest BCUT2D eigenvalue weighted by molar-refractivity contribution is 0.00578. The number of carbonyl (C=O) groups is 1. The van der Waals surface area contributed by atoms with Crippen molar-refractivity contribution in [3.63, 3.8) is 0 Å². The third-order valence-electron chi connectivity index (χ3n) is 6.28. The molecule has 0 aliphatic carbocycles. The van der Waals surface area contributed by atoms with Crippen molar-refractivity contribution in [2.75, 3.05) is 13.2 Å². The van der Waals surface area contributed by atoms with Crippen LogP contribution in [-0.2, 0) is 20.6 Å². The zero-order valence-electron chi connectivity index (χ0n) is 23.0. The lowest BCUT2D eigenvalue weighted by Gasteiger charge is -2.32. The predicted octanol–water partition coefficient (Wildman–Crippen LogP) is 3.81. The molecule has 1 aliphatic heterocycles. The Labute approximate surface area is 223 Å². The summed E-state index contributed by atoms with van der Waals surface area (Å²) in [6.45, 7) is 14.3. The Bertz CT molecular complexity index is 1280. The van der Waals surface area contributed by atoms with Crippen LogP contribution < -0.4 is 20.3 Å². The fourth-order valence-electron chi connectivity index (χ4n) is 3.64. The predicted molar refractivity (Wildman–Crippen MR) is 144 cm³/mol. The van der Waals surface area contributed by atoms with E-state index in [4.69, 9.17) is 23.5 Å². The van der Waals surface area contributed by atoms with Gasteiger partial charge in [0, 0.05) is 12.7 Å². The van der Waals surface area contributed by atoms with Gasteiger partial charge in [0.15, 0.2) is 0 Å². The number of nitrogens with one attached hydrogen (secondary N) is 1.